The third kappa shape index (κ3) is 5.44. The van der Waals surface area contributed by atoms with Gasteiger partial charge in [0.05, 0.1) is 5.69 Å². The summed E-state index contributed by atoms with van der Waals surface area (Å²) in [5.74, 6) is 0. The average molecular weight is 754 g/mol. The minimum atomic E-state index is 0.859. The number of fused-ring (bicyclic) bond motifs is 9. The second-order valence-corrected chi connectivity index (χ2v) is 15.2. The molecule has 2 heterocycles. The largest absolute Gasteiger partial charge is 0.456 e. The molecule has 59 heavy (non-hydrogen) atoms. The standard InChI is InChI=1S/C56H35NO2/c1-2-11-36(12-3-1)37-23-28-42(29-24-37)57(43-30-25-39(26-31-43)46-17-10-18-48-47-15-6-8-19-51(47)59-56(46)48)50-33-34-53-55(49-16-7-9-20-52(49)58-53)54(50)41-27-32-45-40(35-41)22-21-38-13-4-5-14-44(38)45/h1-35H. The highest BCUT2D eigenvalue weighted by atomic mass is 16.3. The predicted octanol–water partition coefficient (Wildman–Crippen LogP) is 16.3. The van der Waals surface area contributed by atoms with Crippen LogP contribution in [0.1, 0.15) is 0 Å². The van der Waals surface area contributed by atoms with Gasteiger partial charge in [0.2, 0.25) is 0 Å². The van der Waals surface area contributed by atoms with Crippen molar-refractivity contribution in [3.05, 3.63) is 212 Å². The van der Waals surface area contributed by atoms with Crippen molar-refractivity contribution >= 4 is 82.5 Å². The Hall–Kier alpha value is -7.88. The normalized spacial score (nSPS) is 11.7. The zero-order valence-corrected chi connectivity index (χ0v) is 32.0. The first kappa shape index (κ1) is 33.3. The van der Waals surface area contributed by atoms with E-state index in [4.69, 9.17) is 8.83 Å². The Bertz CT molecular complexity index is 3540. The smallest absolute Gasteiger partial charge is 0.143 e. The fourth-order valence-electron chi connectivity index (χ4n) is 9.08. The van der Waals surface area contributed by atoms with Crippen LogP contribution >= 0.6 is 0 Å². The molecular weight excluding hydrogens is 719 g/mol. The molecule has 0 spiro atoms. The number of nitrogens with zero attached hydrogens (tertiary/aromatic N) is 1. The maximum absolute atomic E-state index is 6.56. The molecule has 0 atom stereocenters. The van der Waals surface area contributed by atoms with E-state index in [9.17, 15) is 0 Å². The molecule has 3 nitrogen and oxygen atoms in total. The van der Waals surface area contributed by atoms with Crippen molar-refractivity contribution in [1.82, 2.24) is 0 Å². The van der Waals surface area contributed by atoms with Crippen molar-refractivity contribution in [1.29, 1.82) is 0 Å². The Balaban J connectivity index is 1.09. The Labute approximate surface area is 340 Å². The van der Waals surface area contributed by atoms with Crippen molar-refractivity contribution in [3.8, 4) is 33.4 Å². The highest BCUT2D eigenvalue weighted by Gasteiger charge is 2.23. The summed E-state index contributed by atoms with van der Waals surface area (Å²) in [6.45, 7) is 0. The van der Waals surface area contributed by atoms with Crippen LogP contribution < -0.4 is 4.90 Å². The van der Waals surface area contributed by atoms with E-state index in [1.165, 1.54) is 32.7 Å². The molecule has 3 heteroatoms. The number of hydrogen-bond acceptors (Lipinski definition) is 3. The van der Waals surface area contributed by atoms with Crippen LogP contribution in [0.15, 0.2) is 221 Å². The Kier molecular flexibility index (Phi) is 7.54. The van der Waals surface area contributed by atoms with Gasteiger partial charge in [0.1, 0.15) is 22.3 Å². The molecule has 0 bridgehead atoms. The zero-order chi connectivity index (χ0) is 38.9. The van der Waals surface area contributed by atoms with Crippen LogP contribution in [0.4, 0.5) is 17.1 Å². The number of para-hydroxylation sites is 3. The number of furan rings is 2. The van der Waals surface area contributed by atoms with Crippen LogP contribution in [-0.2, 0) is 0 Å². The van der Waals surface area contributed by atoms with E-state index < -0.39 is 0 Å². The summed E-state index contributed by atoms with van der Waals surface area (Å²) < 4.78 is 13.0. The molecule has 0 saturated heterocycles. The highest BCUT2D eigenvalue weighted by Crippen LogP contribution is 2.48. The lowest BCUT2D eigenvalue weighted by Gasteiger charge is -2.29. The van der Waals surface area contributed by atoms with Crippen LogP contribution in [0.3, 0.4) is 0 Å². The molecule has 0 aliphatic heterocycles. The molecule has 276 valence electrons. The fourth-order valence-corrected chi connectivity index (χ4v) is 9.08. The van der Waals surface area contributed by atoms with E-state index >= 15 is 0 Å². The van der Waals surface area contributed by atoms with Gasteiger partial charge < -0.3 is 13.7 Å². The lowest BCUT2D eigenvalue weighted by atomic mass is 9.93. The Morgan fingerprint density at radius 2 is 0.915 bits per heavy atom. The summed E-state index contributed by atoms with van der Waals surface area (Å²) in [5, 5.41) is 9.35. The predicted molar refractivity (Wildman–Crippen MR) is 247 cm³/mol. The number of benzene rings is 10. The van der Waals surface area contributed by atoms with Crippen molar-refractivity contribution in [3.63, 3.8) is 0 Å². The summed E-state index contributed by atoms with van der Waals surface area (Å²) in [6.07, 6.45) is 0. The first-order valence-corrected chi connectivity index (χ1v) is 20.1. The van der Waals surface area contributed by atoms with E-state index in [0.29, 0.717) is 0 Å². The van der Waals surface area contributed by atoms with Crippen molar-refractivity contribution < 1.29 is 8.83 Å². The molecule has 0 radical (unpaired) electrons. The summed E-state index contributed by atoms with van der Waals surface area (Å²) in [5.41, 5.74) is 13.4. The molecule has 0 saturated carbocycles. The van der Waals surface area contributed by atoms with Gasteiger partial charge >= 0.3 is 0 Å². The minimum absolute atomic E-state index is 0.859. The second-order valence-electron chi connectivity index (χ2n) is 15.2. The molecule has 0 unspecified atom stereocenters. The van der Waals surface area contributed by atoms with Crippen LogP contribution in [0, 0.1) is 0 Å². The van der Waals surface area contributed by atoms with Gasteiger partial charge in [-0.1, -0.05) is 158 Å². The van der Waals surface area contributed by atoms with Crippen molar-refractivity contribution in [2.45, 2.75) is 0 Å². The zero-order valence-electron chi connectivity index (χ0n) is 32.0. The van der Waals surface area contributed by atoms with E-state index in [1.54, 1.807) is 0 Å². The van der Waals surface area contributed by atoms with Gasteiger partial charge in [-0.15, -0.1) is 0 Å². The minimum Gasteiger partial charge on any atom is -0.456 e. The Morgan fingerprint density at radius 3 is 1.71 bits per heavy atom. The number of hydrogen-bond donors (Lipinski definition) is 0. The molecule has 0 amide bonds. The van der Waals surface area contributed by atoms with Gasteiger partial charge in [-0.3, -0.25) is 0 Å². The van der Waals surface area contributed by atoms with Gasteiger partial charge in [0, 0.05) is 44.0 Å². The molecule has 10 aromatic carbocycles. The lowest BCUT2D eigenvalue weighted by Crippen LogP contribution is -2.11. The summed E-state index contributed by atoms with van der Waals surface area (Å²) in [7, 11) is 0. The molecule has 0 fully saturated rings. The third-order valence-corrected chi connectivity index (χ3v) is 11.9. The quantitative estimate of drug-likeness (QED) is 0.158. The van der Waals surface area contributed by atoms with Gasteiger partial charge in [-0.2, -0.15) is 0 Å². The topological polar surface area (TPSA) is 29.5 Å². The van der Waals surface area contributed by atoms with E-state index in [1.807, 2.05) is 18.2 Å². The van der Waals surface area contributed by atoms with E-state index in [-0.39, 0.29) is 0 Å². The van der Waals surface area contributed by atoms with Crippen molar-refractivity contribution in [2.24, 2.45) is 0 Å². The summed E-state index contributed by atoms with van der Waals surface area (Å²) in [6, 6.07) is 75.8. The van der Waals surface area contributed by atoms with Crippen LogP contribution in [0.5, 0.6) is 0 Å². The molecule has 12 aromatic rings. The third-order valence-electron chi connectivity index (χ3n) is 11.9. The van der Waals surface area contributed by atoms with Gasteiger partial charge in [0.15, 0.2) is 0 Å². The monoisotopic (exact) mass is 753 g/mol. The van der Waals surface area contributed by atoms with Gasteiger partial charge in [-0.25, -0.2) is 0 Å². The van der Waals surface area contributed by atoms with Gasteiger partial charge in [-0.05, 0) is 98.4 Å². The average Bonchev–Trinajstić information content (AvgIpc) is 3.88. The highest BCUT2D eigenvalue weighted by molar-refractivity contribution is 6.18. The van der Waals surface area contributed by atoms with E-state index in [0.717, 1.165) is 83.2 Å². The van der Waals surface area contributed by atoms with Gasteiger partial charge in [0.25, 0.3) is 0 Å². The summed E-state index contributed by atoms with van der Waals surface area (Å²) in [4.78, 5) is 2.39. The summed E-state index contributed by atoms with van der Waals surface area (Å²) >= 11 is 0. The van der Waals surface area contributed by atoms with Crippen LogP contribution in [0.2, 0.25) is 0 Å². The maximum atomic E-state index is 6.56. The van der Waals surface area contributed by atoms with Crippen LogP contribution in [0.25, 0.3) is 98.8 Å². The first-order valence-electron chi connectivity index (χ1n) is 20.1. The van der Waals surface area contributed by atoms with Crippen molar-refractivity contribution in [2.75, 3.05) is 4.90 Å². The molecular formula is C56H35NO2. The molecule has 2 aromatic heterocycles. The molecule has 0 aliphatic rings. The molecule has 0 N–H and O–H groups in total. The lowest BCUT2D eigenvalue weighted by molar-refractivity contribution is 0.669. The Morgan fingerprint density at radius 1 is 0.322 bits per heavy atom. The van der Waals surface area contributed by atoms with E-state index in [2.05, 4.69) is 199 Å². The molecule has 12 rings (SSSR count). The van der Waals surface area contributed by atoms with Crippen LogP contribution in [-0.4, -0.2) is 0 Å². The maximum Gasteiger partial charge on any atom is 0.143 e. The number of rotatable bonds is 6. The second kappa shape index (κ2) is 13.4. The number of anilines is 3. The first-order chi connectivity index (χ1) is 29.2. The SMILES string of the molecule is c1ccc(-c2ccc(N(c3ccc(-c4cccc5c4oc4ccccc45)cc3)c3ccc4oc5ccccc5c4c3-c3ccc4c(ccc5ccccc54)c3)cc2)cc1. The fraction of sp³-hybridized carbons (Fsp3) is 0. The molecule has 0 aliphatic carbocycles.